The van der Waals surface area contributed by atoms with E-state index in [1.54, 1.807) is 7.11 Å². The van der Waals surface area contributed by atoms with Gasteiger partial charge in [0.1, 0.15) is 11.6 Å². The van der Waals surface area contributed by atoms with E-state index in [1.807, 2.05) is 24.3 Å². The van der Waals surface area contributed by atoms with E-state index < -0.39 is 0 Å². The third kappa shape index (κ3) is 2.87. The van der Waals surface area contributed by atoms with E-state index in [0.717, 1.165) is 37.4 Å². The molecule has 3 aromatic rings. The van der Waals surface area contributed by atoms with Gasteiger partial charge in [-0.2, -0.15) is 0 Å². The second kappa shape index (κ2) is 6.40. The SMILES string of the molecule is COc1ccc(N=C2CCCN2Cc2c[nH]c3ccccc23)cc1. The molecule has 0 amide bonds. The first-order valence-corrected chi connectivity index (χ1v) is 8.35. The minimum atomic E-state index is 0.862. The number of aromatic amines is 1. The molecule has 4 rings (SSSR count). The minimum Gasteiger partial charge on any atom is -0.497 e. The summed E-state index contributed by atoms with van der Waals surface area (Å²) < 4.78 is 5.21. The number of aromatic nitrogens is 1. The van der Waals surface area contributed by atoms with Crippen molar-refractivity contribution >= 4 is 22.4 Å². The van der Waals surface area contributed by atoms with Crippen LogP contribution in [0, 0.1) is 0 Å². The fraction of sp³-hybridized carbons (Fsp3) is 0.250. The molecule has 1 aliphatic heterocycles. The highest BCUT2D eigenvalue weighted by Gasteiger charge is 2.20. The summed E-state index contributed by atoms with van der Waals surface area (Å²) in [5.74, 6) is 2.03. The Balaban J connectivity index is 1.57. The van der Waals surface area contributed by atoms with Crippen LogP contribution in [-0.2, 0) is 6.54 Å². The molecule has 24 heavy (non-hydrogen) atoms. The largest absolute Gasteiger partial charge is 0.497 e. The highest BCUT2D eigenvalue weighted by Crippen LogP contribution is 2.25. The number of H-pyrrole nitrogens is 1. The second-order valence-corrected chi connectivity index (χ2v) is 6.11. The molecule has 1 fully saturated rings. The summed E-state index contributed by atoms with van der Waals surface area (Å²) in [7, 11) is 1.68. The Morgan fingerprint density at radius 1 is 1.12 bits per heavy atom. The predicted molar refractivity (Wildman–Crippen MR) is 98.0 cm³/mol. The van der Waals surface area contributed by atoms with Crippen LogP contribution in [-0.4, -0.2) is 29.4 Å². The Bertz CT molecular complexity index is 864. The molecule has 0 spiro atoms. The minimum absolute atomic E-state index is 0.862. The molecule has 1 aromatic heterocycles. The number of likely N-dealkylation sites (tertiary alicyclic amines) is 1. The number of benzene rings is 2. The summed E-state index contributed by atoms with van der Waals surface area (Å²) in [5.41, 5.74) is 3.51. The number of nitrogens with zero attached hydrogens (tertiary/aromatic N) is 2. The first-order valence-electron chi connectivity index (χ1n) is 8.35. The summed E-state index contributed by atoms with van der Waals surface area (Å²) in [6.07, 6.45) is 4.32. The van der Waals surface area contributed by atoms with Crippen molar-refractivity contribution in [1.82, 2.24) is 9.88 Å². The monoisotopic (exact) mass is 319 g/mol. The highest BCUT2D eigenvalue weighted by atomic mass is 16.5. The summed E-state index contributed by atoms with van der Waals surface area (Å²) in [5, 5.41) is 1.30. The predicted octanol–water partition coefficient (Wildman–Crippen LogP) is 4.50. The maximum atomic E-state index is 5.21. The lowest BCUT2D eigenvalue weighted by Crippen LogP contribution is -2.23. The van der Waals surface area contributed by atoms with Gasteiger partial charge in [-0.15, -0.1) is 0 Å². The molecule has 0 atom stereocenters. The van der Waals surface area contributed by atoms with Crippen molar-refractivity contribution < 1.29 is 4.74 Å². The number of ether oxygens (including phenoxy) is 1. The number of amidine groups is 1. The molecule has 1 N–H and O–H groups in total. The van der Waals surface area contributed by atoms with Gasteiger partial charge >= 0.3 is 0 Å². The van der Waals surface area contributed by atoms with Crippen molar-refractivity contribution in [2.45, 2.75) is 19.4 Å². The van der Waals surface area contributed by atoms with Crippen molar-refractivity contribution in [3.8, 4) is 5.75 Å². The quantitative estimate of drug-likeness (QED) is 0.769. The molecular formula is C20H21N3O. The van der Waals surface area contributed by atoms with E-state index in [4.69, 9.17) is 9.73 Å². The molecule has 4 heteroatoms. The average molecular weight is 319 g/mol. The van der Waals surface area contributed by atoms with Crippen LogP contribution in [0.2, 0.25) is 0 Å². The molecule has 0 unspecified atom stereocenters. The number of hydrogen-bond donors (Lipinski definition) is 1. The van der Waals surface area contributed by atoms with Crippen molar-refractivity contribution in [3.05, 3.63) is 60.3 Å². The van der Waals surface area contributed by atoms with Gasteiger partial charge in [-0.25, -0.2) is 4.99 Å². The third-order valence-electron chi connectivity index (χ3n) is 4.56. The Labute approximate surface area is 141 Å². The molecule has 0 saturated carbocycles. The van der Waals surface area contributed by atoms with Crippen LogP contribution in [0.3, 0.4) is 0 Å². The molecule has 0 radical (unpaired) electrons. The maximum Gasteiger partial charge on any atom is 0.119 e. The van der Waals surface area contributed by atoms with Crippen molar-refractivity contribution in [1.29, 1.82) is 0 Å². The number of hydrogen-bond acceptors (Lipinski definition) is 2. The number of methoxy groups -OCH3 is 1. The van der Waals surface area contributed by atoms with E-state index in [2.05, 4.69) is 40.3 Å². The fourth-order valence-electron chi connectivity index (χ4n) is 3.29. The van der Waals surface area contributed by atoms with Crippen LogP contribution in [0.4, 0.5) is 5.69 Å². The van der Waals surface area contributed by atoms with Crippen molar-refractivity contribution in [3.63, 3.8) is 0 Å². The normalized spacial score (nSPS) is 16.2. The smallest absolute Gasteiger partial charge is 0.119 e. The number of nitrogens with one attached hydrogen (secondary N) is 1. The molecule has 0 bridgehead atoms. The lowest BCUT2D eigenvalue weighted by molar-refractivity contribution is 0.415. The molecular weight excluding hydrogens is 298 g/mol. The Kier molecular flexibility index (Phi) is 3.95. The van der Waals surface area contributed by atoms with Crippen LogP contribution in [0.15, 0.2) is 59.7 Å². The van der Waals surface area contributed by atoms with E-state index in [0.29, 0.717) is 0 Å². The summed E-state index contributed by atoms with van der Waals surface area (Å²) >= 11 is 0. The lowest BCUT2D eigenvalue weighted by Gasteiger charge is -2.18. The van der Waals surface area contributed by atoms with E-state index >= 15 is 0 Å². The van der Waals surface area contributed by atoms with Gasteiger partial charge in [0.05, 0.1) is 12.8 Å². The van der Waals surface area contributed by atoms with E-state index in [-0.39, 0.29) is 0 Å². The molecule has 122 valence electrons. The Morgan fingerprint density at radius 2 is 1.96 bits per heavy atom. The van der Waals surface area contributed by atoms with E-state index in [9.17, 15) is 0 Å². The summed E-state index contributed by atoms with van der Waals surface area (Å²) in [4.78, 5) is 10.6. The average Bonchev–Trinajstić information content (AvgIpc) is 3.24. The Hall–Kier alpha value is -2.75. The van der Waals surface area contributed by atoms with Gasteiger partial charge in [0.2, 0.25) is 0 Å². The molecule has 2 aromatic carbocycles. The first kappa shape index (κ1) is 14.8. The number of para-hydroxylation sites is 1. The second-order valence-electron chi connectivity index (χ2n) is 6.11. The van der Waals surface area contributed by atoms with Gasteiger partial charge in [-0.05, 0) is 42.3 Å². The third-order valence-corrected chi connectivity index (χ3v) is 4.56. The zero-order chi connectivity index (χ0) is 16.4. The van der Waals surface area contributed by atoms with Crippen LogP contribution < -0.4 is 4.74 Å². The topological polar surface area (TPSA) is 40.6 Å². The fourth-order valence-corrected chi connectivity index (χ4v) is 3.29. The number of aliphatic imine (C=N–C) groups is 1. The van der Waals surface area contributed by atoms with E-state index in [1.165, 1.54) is 22.3 Å². The Morgan fingerprint density at radius 3 is 2.79 bits per heavy atom. The zero-order valence-corrected chi connectivity index (χ0v) is 13.8. The lowest BCUT2D eigenvalue weighted by atomic mass is 10.1. The molecule has 1 saturated heterocycles. The maximum absolute atomic E-state index is 5.21. The van der Waals surface area contributed by atoms with Gasteiger partial charge < -0.3 is 14.6 Å². The van der Waals surface area contributed by atoms with Crippen LogP contribution in [0.25, 0.3) is 10.9 Å². The van der Waals surface area contributed by atoms with Gasteiger partial charge in [0, 0.05) is 36.6 Å². The van der Waals surface area contributed by atoms with Crippen LogP contribution in [0.1, 0.15) is 18.4 Å². The van der Waals surface area contributed by atoms with Crippen LogP contribution in [0.5, 0.6) is 5.75 Å². The van der Waals surface area contributed by atoms with Gasteiger partial charge in [0.25, 0.3) is 0 Å². The van der Waals surface area contributed by atoms with Gasteiger partial charge in [0.15, 0.2) is 0 Å². The number of fused-ring (bicyclic) bond motifs is 1. The molecule has 1 aliphatic rings. The molecule has 2 heterocycles. The van der Waals surface area contributed by atoms with Crippen molar-refractivity contribution in [2.24, 2.45) is 4.99 Å². The standard InChI is InChI=1S/C20H21N3O/c1-24-17-10-8-16(9-11-17)22-20-7-4-12-23(20)14-15-13-21-19-6-3-2-5-18(15)19/h2-3,5-6,8-11,13,21H,4,7,12,14H2,1H3. The number of rotatable bonds is 4. The van der Waals surface area contributed by atoms with Crippen molar-refractivity contribution in [2.75, 3.05) is 13.7 Å². The zero-order valence-electron chi connectivity index (χ0n) is 13.8. The first-order chi connectivity index (χ1) is 11.8. The summed E-state index contributed by atoms with van der Waals surface area (Å²) in [6, 6.07) is 16.4. The van der Waals surface area contributed by atoms with Crippen LogP contribution >= 0.6 is 0 Å². The molecule has 0 aliphatic carbocycles. The molecule has 4 nitrogen and oxygen atoms in total. The van der Waals surface area contributed by atoms with Gasteiger partial charge in [-0.3, -0.25) is 0 Å². The van der Waals surface area contributed by atoms with Gasteiger partial charge in [-0.1, -0.05) is 18.2 Å². The summed E-state index contributed by atoms with van der Waals surface area (Å²) in [6.45, 7) is 1.97. The highest BCUT2D eigenvalue weighted by molar-refractivity contribution is 5.88.